The molecule has 2 rings (SSSR count). The lowest BCUT2D eigenvalue weighted by Gasteiger charge is -2.08. The molecule has 0 aliphatic carbocycles. The average Bonchev–Trinajstić information content (AvgIpc) is 2.39. The van der Waals surface area contributed by atoms with Crippen LogP contribution in [-0.4, -0.2) is 17.0 Å². The van der Waals surface area contributed by atoms with Gasteiger partial charge in [0.1, 0.15) is 0 Å². The standard InChI is InChI=1S/C13H12F3N3/c1-17-8-11-5-6-18-12(19-11)9-3-2-4-10(7-9)13(14,15)16/h2-7,17H,8H2,1H3. The Bertz CT molecular complexity index is 567. The summed E-state index contributed by atoms with van der Waals surface area (Å²) in [6, 6.07) is 6.72. The average molecular weight is 267 g/mol. The van der Waals surface area contributed by atoms with E-state index in [0.717, 1.165) is 17.8 Å². The highest BCUT2D eigenvalue weighted by molar-refractivity contribution is 5.56. The molecule has 0 bridgehead atoms. The molecule has 0 spiro atoms. The van der Waals surface area contributed by atoms with E-state index in [0.29, 0.717) is 17.9 Å². The summed E-state index contributed by atoms with van der Waals surface area (Å²) < 4.78 is 37.9. The number of hydrogen-bond acceptors (Lipinski definition) is 3. The van der Waals surface area contributed by atoms with Gasteiger partial charge in [0.05, 0.1) is 11.3 Å². The van der Waals surface area contributed by atoms with Gasteiger partial charge in [-0.3, -0.25) is 0 Å². The molecule has 6 heteroatoms. The summed E-state index contributed by atoms with van der Waals surface area (Å²) in [5, 5.41) is 2.93. The van der Waals surface area contributed by atoms with Gasteiger partial charge in [-0.2, -0.15) is 13.2 Å². The fourth-order valence-corrected chi connectivity index (χ4v) is 1.65. The summed E-state index contributed by atoms with van der Waals surface area (Å²) in [5.41, 5.74) is 0.380. The van der Waals surface area contributed by atoms with Crippen LogP contribution in [0.15, 0.2) is 36.5 Å². The Morgan fingerprint density at radius 1 is 1.21 bits per heavy atom. The van der Waals surface area contributed by atoms with Gasteiger partial charge < -0.3 is 5.32 Å². The number of nitrogens with zero attached hydrogens (tertiary/aromatic N) is 2. The topological polar surface area (TPSA) is 37.8 Å². The second-order valence-electron chi connectivity index (χ2n) is 3.98. The number of hydrogen-bond donors (Lipinski definition) is 1. The smallest absolute Gasteiger partial charge is 0.314 e. The van der Waals surface area contributed by atoms with Gasteiger partial charge in [-0.05, 0) is 25.2 Å². The third-order valence-corrected chi connectivity index (χ3v) is 2.52. The third-order valence-electron chi connectivity index (χ3n) is 2.52. The Hall–Kier alpha value is -1.95. The molecule has 1 aromatic carbocycles. The van der Waals surface area contributed by atoms with Gasteiger partial charge in [0.25, 0.3) is 0 Å². The summed E-state index contributed by atoms with van der Waals surface area (Å²) in [6.07, 6.45) is -2.83. The number of alkyl halides is 3. The highest BCUT2D eigenvalue weighted by atomic mass is 19.4. The first kappa shape index (κ1) is 13.5. The van der Waals surface area contributed by atoms with E-state index in [-0.39, 0.29) is 0 Å². The zero-order chi connectivity index (χ0) is 13.9. The first-order valence-electron chi connectivity index (χ1n) is 5.65. The molecular formula is C13H12F3N3. The van der Waals surface area contributed by atoms with Crippen molar-refractivity contribution < 1.29 is 13.2 Å². The van der Waals surface area contributed by atoms with E-state index in [2.05, 4.69) is 15.3 Å². The fraction of sp³-hybridized carbons (Fsp3) is 0.231. The monoisotopic (exact) mass is 267 g/mol. The van der Waals surface area contributed by atoms with Crippen molar-refractivity contribution in [1.29, 1.82) is 0 Å². The van der Waals surface area contributed by atoms with Crippen LogP contribution in [0.1, 0.15) is 11.3 Å². The van der Waals surface area contributed by atoms with Crippen LogP contribution < -0.4 is 5.32 Å². The molecule has 0 saturated heterocycles. The summed E-state index contributed by atoms with van der Waals surface area (Å²) in [4.78, 5) is 8.22. The molecule has 0 fully saturated rings. The van der Waals surface area contributed by atoms with E-state index < -0.39 is 11.7 Å². The van der Waals surface area contributed by atoms with Crippen molar-refractivity contribution in [3.8, 4) is 11.4 Å². The van der Waals surface area contributed by atoms with E-state index in [4.69, 9.17) is 0 Å². The van der Waals surface area contributed by atoms with Gasteiger partial charge in [0.2, 0.25) is 0 Å². The van der Waals surface area contributed by atoms with Gasteiger partial charge in [-0.15, -0.1) is 0 Å². The lowest BCUT2D eigenvalue weighted by molar-refractivity contribution is -0.137. The van der Waals surface area contributed by atoms with Gasteiger partial charge in [-0.25, -0.2) is 9.97 Å². The van der Waals surface area contributed by atoms with Crippen molar-refractivity contribution in [3.63, 3.8) is 0 Å². The molecule has 19 heavy (non-hydrogen) atoms. The van der Waals surface area contributed by atoms with Crippen LogP contribution in [0.5, 0.6) is 0 Å². The quantitative estimate of drug-likeness (QED) is 0.929. The molecule has 0 aliphatic rings. The zero-order valence-electron chi connectivity index (χ0n) is 10.2. The molecule has 2 aromatic rings. The lowest BCUT2D eigenvalue weighted by Crippen LogP contribution is -2.08. The van der Waals surface area contributed by atoms with Crippen LogP contribution in [-0.2, 0) is 12.7 Å². The van der Waals surface area contributed by atoms with Crippen LogP contribution >= 0.6 is 0 Å². The maximum atomic E-state index is 12.6. The minimum atomic E-state index is -4.36. The van der Waals surface area contributed by atoms with Crippen molar-refractivity contribution in [2.24, 2.45) is 0 Å². The van der Waals surface area contributed by atoms with E-state index in [1.54, 1.807) is 19.2 Å². The van der Waals surface area contributed by atoms with Crippen molar-refractivity contribution in [1.82, 2.24) is 15.3 Å². The van der Waals surface area contributed by atoms with Crippen LogP contribution in [0.4, 0.5) is 13.2 Å². The van der Waals surface area contributed by atoms with Gasteiger partial charge >= 0.3 is 6.18 Å². The maximum Gasteiger partial charge on any atom is 0.416 e. The number of benzene rings is 1. The van der Waals surface area contributed by atoms with Crippen LogP contribution in [0.25, 0.3) is 11.4 Å². The van der Waals surface area contributed by atoms with Gasteiger partial charge in [0, 0.05) is 18.3 Å². The Kier molecular flexibility index (Phi) is 3.80. The molecule has 1 aromatic heterocycles. The highest BCUT2D eigenvalue weighted by Crippen LogP contribution is 2.31. The van der Waals surface area contributed by atoms with Crippen molar-refractivity contribution >= 4 is 0 Å². The Balaban J connectivity index is 2.39. The molecule has 0 atom stereocenters. The molecule has 0 radical (unpaired) electrons. The van der Waals surface area contributed by atoms with Crippen molar-refractivity contribution in [2.45, 2.75) is 12.7 Å². The SMILES string of the molecule is CNCc1ccnc(-c2cccc(C(F)(F)F)c2)n1. The molecule has 0 amide bonds. The fourth-order valence-electron chi connectivity index (χ4n) is 1.65. The second-order valence-corrected chi connectivity index (χ2v) is 3.98. The van der Waals surface area contributed by atoms with Gasteiger partial charge in [-0.1, -0.05) is 12.1 Å². The molecule has 0 saturated carbocycles. The first-order chi connectivity index (χ1) is 9.00. The first-order valence-corrected chi connectivity index (χ1v) is 5.65. The van der Waals surface area contributed by atoms with Crippen molar-refractivity contribution in [3.05, 3.63) is 47.8 Å². The summed E-state index contributed by atoms with van der Waals surface area (Å²) >= 11 is 0. The van der Waals surface area contributed by atoms with E-state index in [1.807, 2.05) is 0 Å². The lowest BCUT2D eigenvalue weighted by atomic mass is 10.1. The summed E-state index contributed by atoms with van der Waals surface area (Å²) in [6.45, 7) is 0.536. The molecule has 0 aliphatic heterocycles. The number of aromatic nitrogens is 2. The normalized spacial score (nSPS) is 11.6. The minimum Gasteiger partial charge on any atom is -0.314 e. The number of nitrogens with one attached hydrogen (secondary N) is 1. The number of halogens is 3. The Morgan fingerprint density at radius 3 is 2.68 bits per heavy atom. The molecule has 0 unspecified atom stereocenters. The molecule has 3 nitrogen and oxygen atoms in total. The molecule has 1 N–H and O–H groups in total. The predicted octanol–water partition coefficient (Wildman–Crippen LogP) is 2.88. The van der Waals surface area contributed by atoms with E-state index in [9.17, 15) is 13.2 Å². The molecular weight excluding hydrogens is 255 g/mol. The van der Waals surface area contributed by atoms with Crippen LogP contribution in [0.2, 0.25) is 0 Å². The summed E-state index contributed by atoms with van der Waals surface area (Å²) in [5.74, 6) is 0.291. The van der Waals surface area contributed by atoms with Crippen LogP contribution in [0.3, 0.4) is 0 Å². The van der Waals surface area contributed by atoms with Gasteiger partial charge in [0.15, 0.2) is 5.82 Å². The Labute approximate surface area is 108 Å². The van der Waals surface area contributed by atoms with Crippen LogP contribution in [0, 0.1) is 0 Å². The van der Waals surface area contributed by atoms with E-state index >= 15 is 0 Å². The number of rotatable bonds is 3. The highest BCUT2D eigenvalue weighted by Gasteiger charge is 2.30. The van der Waals surface area contributed by atoms with E-state index in [1.165, 1.54) is 12.3 Å². The predicted molar refractivity (Wildman–Crippen MR) is 65.2 cm³/mol. The third kappa shape index (κ3) is 3.29. The maximum absolute atomic E-state index is 12.6. The Morgan fingerprint density at radius 2 is 2.00 bits per heavy atom. The molecule has 1 heterocycles. The largest absolute Gasteiger partial charge is 0.416 e. The second kappa shape index (κ2) is 5.36. The molecule has 100 valence electrons. The zero-order valence-corrected chi connectivity index (χ0v) is 10.2. The van der Waals surface area contributed by atoms with Crippen molar-refractivity contribution in [2.75, 3.05) is 7.05 Å². The minimum absolute atomic E-state index is 0.291. The summed E-state index contributed by atoms with van der Waals surface area (Å²) in [7, 11) is 1.77.